The first kappa shape index (κ1) is 31.6. The summed E-state index contributed by atoms with van der Waals surface area (Å²) in [6.07, 6.45) is -6.26. The summed E-state index contributed by atoms with van der Waals surface area (Å²) in [4.78, 5) is 12.3. The molecule has 214 valence electrons. The predicted molar refractivity (Wildman–Crippen MR) is 129 cm³/mol. The molecular weight excluding hydrogens is 492 g/mol. The number of aromatic nitrogens is 1. The Morgan fingerprint density at radius 2 is 1.54 bits per heavy atom. The fraction of sp³-hybridized carbons (Fsp3) is 0.792. The van der Waals surface area contributed by atoms with E-state index >= 15 is 0 Å². The number of aliphatic hydroxyl groups excluding tert-OH is 8. The van der Waals surface area contributed by atoms with Crippen LogP contribution in [0.3, 0.4) is 0 Å². The molecule has 13 heteroatoms. The number of carbonyl (C=O) groups is 1. The Kier molecular flexibility index (Phi) is 13.9. The maximum absolute atomic E-state index is 12.3. The molecule has 1 saturated heterocycles. The average Bonchev–Trinajstić information content (AvgIpc) is 3.42. The maximum Gasteiger partial charge on any atom is 0.251 e. The van der Waals surface area contributed by atoms with Gasteiger partial charge in [0.25, 0.3) is 5.91 Å². The Morgan fingerprint density at radius 1 is 0.919 bits per heavy atom. The number of carbonyl (C=O) groups excluding carboxylic acids is 1. The molecule has 1 aromatic rings. The van der Waals surface area contributed by atoms with E-state index < -0.39 is 74.2 Å². The number of hydrogen-bond donors (Lipinski definition) is 9. The smallest absolute Gasteiger partial charge is 0.251 e. The molecule has 9 atom stereocenters. The number of hydrogen-bond acceptors (Lipinski definition) is 11. The summed E-state index contributed by atoms with van der Waals surface area (Å²) in [7, 11) is 0. The molecule has 0 saturated carbocycles. The van der Waals surface area contributed by atoms with Gasteiger partial charge in [-0.2, -0.15) is 0 Å². The standard InChI is InChI=1S/C24H42N2O11/c27-13-15(29)22(37-24-21(34)18(31)17(30)16(14-28)36-24)19(32)20(33)23(35)25-9-5-3-1-2-4-6-10-26-11-7-8-12-26/h7-8,11-12,15-22,24,27-34H,1-6,9-10,13-14H2,(H,25,35)/t15-,16-,17+,18+,19-,20-,21-,22-,24+/m1/s1. The van der Waals surface area contributed by atoms with Gasteiger partial charge in [-0.1, -0.05) is 25.7 Å². The quantitative estimate of drug-likeness (QED) is 0.0931. The van der Waals surface area contributed by atoms with Gasteiger partial charge in [-0.3, -0.25) is 4.79 Å². The summed E-state index contributed by atoms with van der Waals surface area (Å²) in [6.45, 7) is -0.430. The Bertz CT molecular complexity index is 751. The van der Waals surface area contributed by atoms with E-state index in [0.29, 0.717) is 6.42 Å². The highest BCUT2D eigenvalue weighted by molar-refractivity contribution is 5.81. The van der Waals surface area contributed by atoms with Crippen molar-refractivity contribution in [1.82, 2.24) is 9.88 Å². The third kappa shape index (κ3) is 9.55. The molecule has 1 amide bonds. The first-order valence-corrected chi connectivity index (χ1v) is 12.7. The van der Waals surface area contributed by atoms with E-state index in [-0.39, 0.29) is 6.54 Å². The molecule has 1 aliphatic rings. The summed E-state index contributed by atoms with van der Waals surface area (Å²) in [6, 6.07) is 3.98. The van der Waals surface area contributed by atoms with Gasteiger partial charge in [0.2, 0.25) is 0 Å². The van der Waals surface area contributed by atoms with Crippen LogP contribution in [-0.2, 0) is 20.8 Å². The second-order valence-corrected chi connectivity index (χ2v) is 9.32. The first-order valence-electron chi connectivity index (χ1n) is 12.7. The molecular formula is C24H42N2O11. The van der Waals surface area contributed by atoms with Crippen LogP contribution >= 0.6 is 0 Å². The maximum atomic E-state index is 12.3. The van der Waals surface area contributed by atoms with Crippen molar-refractivity contribution in [3.05, 3.63) is 24.5 Å². The van der Waals surface area contributed by atoms with Crippen molar-refractivity contribution in [1.29, 1.82) is 0 Å². The number of unbranched alkanes of at least 4 members (excludes halogenated alkanes) is 5. The summed E-state index contributed by atoms with van der Waals surface area (Å²) < 4.78 is 12.6. The highest BCUT2D eigenvalue weighted by Crippen LogP contribution is 2.25. The molecule has 2 rings (SSSR count). The van der Waals surface area contributed by atoms with Gasteiger partial charge in [0.05, 0.1) is 13.2 Å². The van der Waals surface area contributed by atoms with Gasteiger partial charge in [0.1, 0.15) is 42.7 Å². The lowest BCUT2D eigenvalue weighted by molar-refractivity contribution is -0.326. The Balaban J connectivity index is 1.75. The van der Waals surface area contributed by atoms with E-state index in [1.54, 1.807) is 0 Å². The van der Waals surface area contributed by atoms with Crippen LogP contribution in [-0.4, -0.2) is 126 Å². The molecule has 1 aliphatic heterocycles. The van der Waals surface area contributed by atoms with E-state index in [4.69, 9.17) is 9.47 Å². The van der Waals surface area contributed by atoms with Gasteiger partial charge in [0.15, 0.2) is 12.4 Å². The molecule has 37 heavy (non-hydrogen) atoms. The number of aliphatic hydroxyl groups is 8. The van der Waals surface area contributed by atoms with Crippen LogP contribution in [0.1, 0.15) is 38.5 Å². The molecule has 0 bridgehead atoms. The molecule has 1 fully saturated rings. The minimum atomic E-state index is -2.05. The van der Waals surface area contributed by atoms with E-state index in [1.165, 1.54) is 0 Å². The van der Waals surface area contributed by atoms with Gasteiger partial charge in [-0.25, -0.2) is 0 Å². The van der Waals surface area contributed by atoms with E-state index in [1.807, 2.05) is 24.5 Å². The third-order valence-corrected chi connectivity index (χ3v) is 6.44. The Labute approximate surface area is 215 Å². The van der Waals surface area contributed by atoms with E-state index in [0.717, 1.165) is 38.6 Å². The Morgan fingerprint density at radius 3 is 2.16 bits per heavy atom. The van der Waals surface area contributed by atoms with Crippen molar-refractivity contribution in [3.63, 3.8) is 0 Å². The average molecular weight is 535 g/mol. The highest BCUT2D eigenvalue weighted by atomic mass is 16.7. The van der Waals surface area contributed by atoms with Gasteiger partial charge < -0.3 is 60.2 Å². The summed E-state index contributed by atoms with van der Waals surface area (Å²) in [5.74, 6) is -0.924. The molecule has 1 aromatic heterocycles. The monoisotopic (exact) mass is 534 g/mol. The normalized spacial score (nSPS) is 27.4. The van der Waals surface area contributed by atoms with Crippen LogP contribution in [0.4, 0.5) is 0 Å². The molecule has 9 N–H and O–H groups in total. The molecule has 0 radical (unpaired) electrons. The lowest BCUT2D eigenvalue weighted by Gasteiger charge is -2.42. The minimum Gasteiger partial charge on any atom is -0.394 e. The van der Waals surface area contributed by atoms with Crippen LogP contribution < -0.4 is 5.32 Å². The molecule has 13 nitrogen and oxygen atoms in total. The SMILES string of the molecule is O=C(NCCCCCCCCn1cccc1)[C@H](O)[C@@H](O)[C@H](O[C@@H]1O[C@H](CO)[C@H](O)[C@H](O)[C@H]1O)[C@H](O)CO. The van der Waals surface area contributed by atoms with Crippen molar-refractivity contribution in [2.45, 2.75) is 100 Å². The number of nitrogens with zero attached hydrogens (tertiary/aromatic N) is 1. The zero-order chi connectivity index (χ0) is 27.4. The van der Waals surface area contributed by atoms with Gasteiger partial charge >= 0.3 is 0 Å². The number of amides is 1. The zero-order valence-electron chi connectivity index (χ0n) is 20.8. The van der Waals surface area contributed by atoms with E-state index in [2.05, 4.69) is 9.88 Å². The van der Waals surface area contributed by atoms with Crippen LogP contribution in [0.5, 0.6) is 0 Å². The highest BCUT2D eigenvalue weighted by Gasteiger charge is 2.47. The first-order chi connectivity index (χ1) is 17.7. The summed E-state index contributed by atoms with van der Waals surface area (Å²) in [5.41, 5.74) is 0. The van der Waals surface area contributed by atoms with Crippen LogP contribution in [0.15, 0.2) is 24.5 Å². The lowest BCUT2D eigenvalue weighted by atomic mass is 9.98. The van der Waals surface area contributed by atoms with Crippen molar-refractivity contribution >= 4 is 5.91 Å². The fourth-order valence-corrected chi connectivity index (χ4v) is 4.13. The minimum absolute atomic E-state index is 0.257. The van der Waals surface area contributed by atoms with Crippen molar-refractivity contribution < 1.29 is 55.1 Å². The third-order valence-electron chi connectivity index (χ3n) is 6.44. The molecule has 0 aliphatic carbocycles. The van der Waals surface area contributed by atoms with Gasteiger partial charge in [-0.15, -0.1) is 0 Å². The largest absolute Gasteiger partial charge is 0.394 e. The second-order valence-electron chi connectivity index (χ2n) is 9.32. The summed E-state index contributed by atoms with van der Waals surface area (Å²) >= 11 is 0. The van der Waals surface area contributed by atoms with Crippen molar-refractivity contribution in [3.8, 4) is 0 Å². The lowest BCUT2D eigenvalue weighted by Crippen LogP contribution is -2.62. The number of rotatable bonds is 17. The van der Waals surface area contributed by atoms with Crippen molar-refractivity contribution in [2.24, 2.45) is 0 Å². The molecule has 0 spiro atoms. The van der Waals surface area contributed by atoms with E-state index in [9.17, 15) is 45.6 Å². The topological polar surface area (TPSA) is 214 Å². The molecule has 2 heterocycles. The van der Waals surface area contributed by atoms with Crippen molar-refractivity contribution in [2.75, 3.05) is 19.8 Å². The van der Waals surface area contributed by atoms with Gasteiger partial charge in [0, 0.05) is 25.5 Å². The predicted octanol–water partition coefficient (Wildman–Crippen LogP) is -2.79. The summed E-state index contributed by atoms with van der Waals surface area (Å²) in [5, 5.41) is 81.9. The van der Waals surface area contributed by atoms with Gasteiger partial charge in [-0.05, 0) is 25.0 Å². The number of nitrogens with one attached hydrogen (secondary N) is 1. The Hall–Kier alpha value is -1.65. The molecule has 0 aromatic carbocycles. The number of ether oxygens (including phenoxy) is 2. The molecule has 0 unspecified atom stereocenters. The van der Waals surface area contributed by atoms with Crippen LogP contribution in [0.25, 0.3) is 0 Å². The second kappa shape index (κ2) is 16.3. The van der Waals surface area contributed by atoms with Crippen LogP contribution in [0, 0.1) is 0 Å². The fourth-order valence-electron chi connectivity index (χ4n) is 4.13. The van der Waals surface area contributed by atoms with Crippen LogP contribution in [0.2, 0.25) is 0 Å². The number of aryl methyl sites for hydroxylation is 1. The zero-order valence-corrected chi connectivity index (χ0v) is 20.8.